The van der Waals surface area contributed by atoms with Crippen LogP contribution in [0.25, 0.3) is 0 Å². The number of halogens is 1. The summed E-state index contributed by atoms with van der Waals surface area (Å²) in [6, 6.07) is 26.4. The molecular formula is C26H27ClN2O2. The van der Waals surface area contributed by atoms with Gasteiger partial charge in [-0.05, 0) is 42.2 Å². The van der Waals surface area contributed by atoms with E-state index in [-0.39, 0.29) is 11.8 Å². The minimum absolute atomic E-state index is 0.0400. The topological polar surface area (TPSA) is 49.4 Å². The summed E-state index contributed by atoms with van der Waals surface area (Å²) in [4.78, 5) is 27.6. The summed E-state index contributed by atoms with van der Waals surface area (Å²) in [6.07, 6.45) is 0.996. The number of hydrogen-bond donors (Lipinski definition) is 1. The number of rotatable bonds is 9. The van der Waals surface area contributed by atoms with Gasteiger partial charge in [-0.3, -0.25) is 9.59 Å². The summed E-state index contributed by atoms with van der Waals surface area (Å²) in [7, 11) is 0. The Morgan fingerprint density at radius 2 is 1.42 bits per heavy atom. The van der Waals surface area contributed by atoms with E-state index < -0.39 is 6.04 Å². The Hall–Kier alpha value is -3.11. The van der Waals surface area contributed by atoms with E-state index in [2.05, 4.69) is 5.32 Å². The van der Waals surface area contributed by atoms with Gasteiger partial charge in [0.25, 0.3) is 0 Å². The highest BCUT2D eigenvalue weighted by atomic mass is 35.5. The SMILES string of the molecule is CC(C(=O)NCc1ccc(Cl)cc1)N(Cc1ccccc1)C(=O)CCc1ccccc1. The molecule has 2 amide bonds. The fourth-order valence-corrected chi connectivity index (χ4v) is 3.47. The summed E-state index contributed by atoms with van der Waals surface area (Å²) in [5.41, 5.74) is 3.05. The van der Waals surface area contributed by atoms with Gasteiger partial charge in [0.1, 0.15) is 6.04 Å². The quantitative estimate of drug-likeness (QED) is 0.514. The zero-order chi connectivity index (χ0) is 22.1. The molecule has 0 bridgehead atoms. The fraction of sp³-hybridized carbons (Fsp3) is 0.231. The van der Waals surface area contributed by atoms with E-state index in [1.807, 2.05) is 72.8 Å². The van der Waals surface area contributed by atoms with Gasteiger partial charge in [0.15, 0.2) is 0 Å². The minimum atomic E-state index is -0.587. The van der Waals surface area contributed by atoms with E-state index >= 15 is 0 Å². The van der Waals surface area contributed by atoms with Crippen LogP contribution in [0.2, 0.25) is 5.02 Å². The molecule has 160 valence electrons. The van der Waals surface area contributed by atoms with Gasteiger partial charge in [-0.1, -0.05) is 84.4 Å². The average molecular weight is 435 g/mol. The highest BCUT2D eigenvalue weighted by Gasteiger charge is 2.25. The van der Waals surface area contributed by atoms with Crippen molar-refractivity contribution < 1.29 is 9.59 Å². The second kappa shape index (κ2) is 11.3. The standard InChI is InChI=1S/C26H27ClN2O2/c1-20(26(31)28-18-22-12-15-24(27)16-13-22)29(19-23-10-6-3-7-11-23)25(30)17-14-21-8-4-2-5-9-21/h2-13,15-16,20H,14,17-19H2,1H3,(H,28,31). The van der Waals surface area contributed by atoms with Crippen LogP contribution in [0.5, 0.6) is 0 Å². The zero-order valence-corrected chi connectivity index (χ0v) is 18.4. The molecule has 3 rings (SSSR count). The van der Waals surface area contributed by atoms with Crippen molar-refractivity contribution in [3.8, 4) is 0 Å². The van der Waals surface area contributed by atoms with Crippen LogP contribution in [0.3, 0.4) is 0 Å². The Labute approximate surface area is 188 Å². The number of aryl methyl sites for hydroxylation is 1. The summed E-state index contributed by atoms with van der Waals surface area (Å²) in [6.45, 7) is 2.56. The van der Waals surface area contributed by atoms with Crippen molar-refractivity contribution in [2.75, 3.05) is 0 Å². The molecule has 0 heterocycles. The van der Waals surface area contributed by atoms with Crippen molar-refractivity contribution >= 4 is 23.4 Å². The molecule has 3 aromatic rings. The van der Waals surface area contributed by atoms with Crippen LogP contribution in [0.4, 0.5) is 0 Å². The summed E-state index contributed by atoms with van der Waals surface area (Å²) < 4.78 is 0. The molecule has 0 fully saturated rings. The van der Waals surface area contributed by atoms with E-state index in [1.165, 1.54) is 0 Å². The van der Waals surface area contributed by atoms with Crippen molar-refractivity contribution in [1.29, 1.82) is 0 Å². The van der Waals surface area contributed by atoms with E-state index in [9.17, 15) is 9.59 Å². The molecule has 0 saturated carbocycles. The molecule has 1 unspecified atom stereocenters. The molecular weight excluding hydrogens is 408 g/mol. The van der Waals surface area contributed by atoms with Crippen LogP contribution in [0, 0.1) is 0 Å². The third-order valence-corrected chi connectivity index (χ3v) is 5.47. The number of carbonyl (C=O) groups excluding carboxylic acids is 2. The second-order valence-corrected chi connectivity index (χ2v) is 7.95. The molecule has 0 aliphatic carbocycles. The lowest BCUT2D eigenvalue weighted by atomic mass is 10.1. The van der Waals surface area contributed by atoms with Gasteiger partial charge in [0.05, 0.1) is 0 Å². The Bertz CT molecular complexity index is 975. The van der Waals surface area contributed by atoms with Crippen LogP contribution in [0.1, 0.15) is 30.0 Å². The van der Waals surface area contributed by atoms with Gasteiger partial charge in [-0.15, -0.1) is 0 Å². The van der Waals surface area contributed by atoms with Gasteiger partial charge in [0.2, 0.25) is 11.8 Å². The van der Waals surface area contributed by atoms with Gasteiger partial charge < -0.3 is 10.2 Å². The number of hydrogen-bond acceptors (Lipinski definition) is 2. The Morgan fingerprint density at radius 3 is 2.03 bits per heavy atom. The Kier molecular flexibility index (Phi) is 8.25. The zero-order valence-electron chi connectivity index (χ0n) is 17.6. The molecule has 31 heavy (non-hydrogen) atoms. The van der Waals surface area contributed by atoms with Crippen molar-refractivity contribution in [3.63, 3.8) is 0 Å². The number of benzene rings is 3. The smallest absolute Gasteiger partial charge is 0.242 e. The molecule has 0 saturated heterocycles. The molecule has 1 N–H and O–H groups in total. The summed E-state index contributed by atoms with van der Waals surface area (Å²) in [5, 5.41) is 3.59. The van der Waals surface area contributed by atoms with Crippen LogP contribution in [-0.2, 0) is 29.1 Å². The lowest BCUT2D eigenvalue weighted by Crippen LogP contribution is -2.47. The van der Waals surface area contributed by atoms with E-state index in [1.54, 1.807) is 24.0 Å². The Morgan fingerprint density at radius 1 is 0.839 bits per heavy atom. The Balaban J connectivity index is 1.66. The summed E-state index contributed by atoms with van der Waals surface area (Å²) in [5.74, 6) is -0.221. The van der Waals surface area contributed by atoms with Crippen molar-refractivity contribution in [1.82, 2.24) is 10.2 Å². The third-order valence-electron chi connectivity index (χ3n) is 5.21. The largest absolute Gasteiger partial charge is 0.350 e. The highest BCUT2D eigenvalue weighted by molar-refractivity contribution is 6.30. The molecule has 0 aliphatic rings. The molecule has 0 spiro atoms. The van der Waals surface area contributed by atoms with Crippen molar-refractivity contribution in [3.05, 3.63) is 107 Å². The summed E-state index contributed by atoms with van der Waals surface area (Å²) >= 11 is 5.92. The first-order valence-corrected chi connectivity index (χ1v) is 10.8. The predicted octanol–water partition coefficient (Wildman–Crippen LogP) is 5.01. The van der Waals surface area contributed by atoms with Gasteiger partial charge in [-0.2, -0.15) is 0 Å². The number of nitrogens with zero attached hydrogens (tertiary/aromatic N) is 1. The van der Waals surface area contributed by atoms with Crippen LogP contribution < -0.4 is 5.32 Å². The maximum atomic E-state index is 13.1. The fourth-order valence-electron chi connectivity index (χ4n) is 3.34. The average Bonchev–Trinajstić information content (AvgIpc) is 2.81. The first-order chi connectivity index (χ1) is 15.0. The van der Waals surface area contributed by atoms with Gasteiger partial charge >= 0.3 is 0 Å². The predicted molar refractivity (Wildman–Crippen MR) is 125 cm³/mol. The first kappa shape index (κ1) is 22.6. The minimum Gasteiger partial charge on any atom is -0.350 e. The van der Waals surface area contributed by atoms with E-state index in [4.69, 9.17) is 11.6 Å². The lowest BCUT2D eigenvalue weighted by Gasteiger charge is -2.29. The van der Waals surface area contributed by atoms with Crippen LogP contribution in [0.15, 0.2) is 84.9 Å². The molecule has 0 aliphatic heterocycles. The normalized spacial score (nSPS) is 11.5. The monoisotopic (exact) mass is 434 g/mol. The molecule has 1 atom stereocenters. The second-order valence-electron chi connectivity index (χ2n) is 7.51. The van der Waals surface area contributed by atoms with E-state index in [0.717, 1.165) is 16.7 Å². The van der Waals surface area contributed by atoms with Crippen LogP contribution in [-0.4, -0.2) is 22.8 Å². The number of carbonyl (C=O) groups is 2. The molecule has 0 aromatic heterocycles. The van der Waals surface area contributed by atoms with E-state index in [0.29, 0.717) is 31.0 Å². The maximum Gasteiger partial charge on any atom is 0.242 e. The molecule has 4 nitrogen and oxygen atoms in total. The first-order valence-electron chi connectivity index (χ1n) is 10.4. The molecule has 3 aromatic carbocycles. The molecule has 0 radical (unpaired) electrons. The third kappa shape index (κ3) is 6.97. The van der Waals surface area contributed by atoms with Crippen molar-refractivity contribution in [2.24, 2.45) is 0 Å². The molecule has 5 heteroatoms. The van der Waals surface area contributed by atoms with Crippen LogP contribution >= 0.6 is 11.6 Å². The highest BCUT2D eigenvalue weighted by Crippen LogP contribution is 2.14. The number of nitrogens with one attached hydrogen (secondary N) is 1. The lowest BCUT2D eigenvalue weighted by molar-refractivity contribution is -0.140. The number of amides is 2. The maximum absolute atomic E-state index is 13.1. The van der Waals surface area contributed by atoms with Gasteiger partial charge in [-0.25, -0.2) is 0 Å². The van der Waals surface area contributed by atoms with Crippen molar-refractivity contribution in [2.45, 2.75) is 38.9 Å². The van der Waals surface area contributed by atoms with Gasteiger partial charge in [0, 0.05) is 24.5 Å².